The van der Waals surface area contributed by atoms with Gasteiger partial charge < -0.3 is 11.5 Å². The summed E-state index contributed by atoms with van der Waals surface area (Å²) in [4.78, 5) is 10.5. The maximum Gasteiger partial charge on any atom is 0.217 e. The van der Waals surface area contributed by atoms with Crippen LogP contribution in [-0.4, -0.2) is 11.9 Å². The van der Waals surface area contributed by atoms with Crippen LogP contribution in [0.1, 0.15) is 44.1 Å². The van der Waals surface area contributed by atoms with Crippen LogP contribution in [0.15, 0.2) is 30.3 Å². The van der Waals surface area contributed by atoms with Crippen LogP contribution in [0.5, 0.6) is 0 Å². The van der Waals surface area contributed by atoms with E-state index >= 15 is 0 Å². The average Bonchev–Trinajstić information content (AvgIpc) is 2.34. The SMILES string of the molecule is NC(=O)CCCCCCC(N)Cc1ccccc1. The molecule has 3 heteroatoms. The van der Waals surface area contributed by atoms with Gasteiger partial charge in [0.15, 0.2) is 0 Å². The molecule has 1 amide bonds. The van der Waals surface area contributed by atoms with E-state index in [1.54, 1.807) is 0 Å². The lowest BCUT2D eigenvalue weighted by molar-refractivity contribution is -0.118. The van der Waals surface area contributed by atoms with Crippen molar-refractivity contribution >= 4 is 5.91 Å². The lowest BCUT2D eigenvalue weighted by Crippen LogP contribution is -2.22. The van der Waals surface area contributed by atoms with Gasteiger partial charge in [0.25, 0.3) is 0 Å². The van der Waals surface area contributed by atoms with Gasteiger partial charge in [-0.1, -0.05) is 49.6 Å². The Labute approximate surface area is 110 Å². The van der Waals surface area contributed by atoms with E-state index in [1.807, 2.05) is 18.2 Å². The normalized spacial score (nSPS) is 12.3. The molecule has 0 spiro atoms. The number of carbonyl (C=O) groups excluding carboxylic acids is 1. The molecule has 1 unspecified atom stereocenters. The van der Waals surface area contributed by atoms with E-state index in [2.05, 4.69) is 12.1 Å². The first kappa shape index (κ1) is 14.7. The van der Waals surface area contributed by atoms with Crippen molar-refractivity contribution in [3.63, 3.8) is 0 Å². The molecule has 0 fully saturated rings. The quantitative estimate of drug-likeness (QED) is 0.659. The van der Waals surface area contributed by atoms with E-state index in [9.17, 15) is 4.79 Å². The van der Waals surface area contributed by atoms with Gasteiger partial charge in [-0.3, -0.25) is 4.79 Å². The highest BCUT2D eigenvalue weighted by atomic mass is 16.1. The highest BCUT2D eigenvalue weighted by Gasteiger charge is 2.03. The summed E-state index contributed by atoms with van der Waals surface area (Å²) >= 11 is 0. The topological polar surface area (TPSA) is 69.1 Å². The number of nitrogens with two attached hydrogens (primary N) is 2. The van der Waals surface area contributed by atoms with Gasteiger partial charge in [0.05, 0.1) is 0 Å². The number of primary amides is 1. The summed E-state index contributed by atoms with van der Waals surface area (Å²) in [7, 11) is 0. The van der Waals surface area contributed by atoms with Gasteiger partial charge >= 0.3 is 0 Å². The Kier molecular flexibility index (Phi) is 7.11. The van der Waals surface area contributed by atoms with Gasteiger partial charge in [0.1, 0.15) is 0 Å². The van der Waals surface area contributed by atoms with Crippen molar-refractivity contribution in [2.45, 2.75) is 51.0 Å². The summed E-state index contributed by atoms with van der Waals surface area (Å²) in [6.45, 7) is 0. The molecule has 4 N–H and O–H groups in total. The number of hydrogen-bond donors (Lipinski definition) is 2. The summed E-state index contributed by atoms with van der Waals surface area (Å²) in [5, 5.41) is 0. The van der Waals surface area contributed by atoms with Crippen LogP contribution in [0.25, 0.3) is 0 Å². The van der Waals surface area contributed by atoms with Crippen LogP contribution in [0, 0.1) is 0 Å². The molecule has 0 aromatic heterocycles. The molecule has 18 heavy (non-hydrogen) atoms. The first-order valence-corrected chi connectivity index (χ1v) is 6.76. The van der Waals surface area contributed by atoms with Gasteiger partial charge in [-0.15, -0.1) is 0 Å². The Hall–Kier alpha value is -1.35. The van der Waals surface area contributed by atoms with Crippen molar-refractivity contribution < 1.29 is 4.79 Å². The van der Waals surface area contributed by atoms with Crippen LogP contribution in [0.3, 0.4) is 0 Å². The fourth-order valence-corrected chi connectivity index (χ4v) is 2.08. The molecule has 0 aliphatic rings. The summed E-state index contributed by atoms with van der Waals surface area (Å²) in [6, 6.07) is 10.6. The summed E-state index contributed by atoms with van der Waals surface area (Å²) in [6.07, 6.45) is 6.75. The van der Waals surface area contributed by atoms with Crippen LogP contribution in [0.4, 0.5) is 0 Å². The zero-order valence-corrected chi connectivity index (χ0v) is 11.0. The molecular weight excluding hydrogens is 224 g/mol. The molecule has 1 rings (SSSR count). The third-order valence-electron chi connectivity index (χ3n) is 3.09. The Balaban J connectivity index is 2.03. The molecule has 0 aliphatic carbocycles. The van der Waals surface area contributed by atoms with Gasteiger partial charge in [-0.25, -0.2) is 0 Å². The Morgan fingerprint density at radius 1 is 1.06 bits per heavy atom. The van der Waals surface area contributed by atoms with Gasteiger partial charge in [-0.2, -0.15) is 0 Å². The lowest BCUT2D eigenvalue weighted by Gasteiger charge is -2.11. The minimum Gasteiger partial charge on any atom is -0.370 e. The zero-order valence-electron chi connectivity index (χ0n) is 11.0. The summed E-state index contributed by atoms with van der Waals surface area (Å²) < 4.78 is 0. The van der Waals surface area contributed by atoms with Gasteiger partial charge in [-0.05, 0) is 24.8 Å². The largest absolute Gasteiger partial charge is 0.370 e. The average molecular weight is 248 g/mol. The molecule has 1 aromatic carbocycles. The van der Waals surface area contributed by atoms with Crippen LogP contribution >= 0.6 is 0 Å². The smallest absolute Gasteiger partial charge is 0.217 e. The van der Waals surface area contributed by atoms with E-state index in [0.29, 0.717) is 6.42 Å². The molecule has 1 atom stereocenters. The Morgan fingerprint density at radius 2 is 1.72 bits per heavy atom. The van der Waals surface area contributed by atoms with Crippen LogP contribution in [0.2, 0.25) is 0 Å². The molecule has 0 aliphatic heterocycles. The molecule has 0 saturated carbocycles. The molecular formula is C15H24N2O. The van der Waals surface area contributed by atoms with E-state index in [-0.39, 0.29) is 11.9 Å². The monoisotopic (exact) mass is 248 g/mol. The van der Waals surface area contributed by atoms with Crippen molar-refractivity contribution in [3.05, 3.63) is 35.9 Å². The van der Waals surface area contributed by atoms with Crippen LogP contribution in [-0.2, 0) is 11.2 Å². The van der Waals surface area contributed by atoms with Crippen molar-refractivity contribution in [1.29, 1.82) is 0 Å². The third-order valence-corrected chi connectivity index (χ3v) is 3.09. The highest BCUT2D eigenvalue weighted by molar-refractivity contribution is 5.73. The number of benzene rings is 1. The second-order valence-corrected chi connectivity index (χ2v) is 4.87. The molecule has 1 aromatic rings. The van der Waals surface area contributed by atoms with E-state index in [1.165, 1.54) is 5.56 Å². The number of rotatable bonds is 9. The first-order valence-electron chi connectivity index (χ1n) is 6.76. The molecule has 3 nitrogen and oxygen atoms in total. The van der Waals surface area contributed by atoms with Crippen molar-refractivity contribution in [2.75, 3.05) is 0 Å². The van der Waals surface area contributed by atoms with E-state index in [0.717, 1.165) is 38.5 Å². The van der Waals surface area contributed by atoms with Gasteiger partial charge in [0.2, 0.25) is 5.91 Å². The molecule has 0 saturated heterocycles. The summed E-state index contributed by atoms with van der Waals surface area (Å²) in [5.74, 6) is -0.198. The standard InChI is InChI=1S/C15H24N2O/c16-14(12-13-8-4-3-5-9-13)10-6-1-2-7-11-15(17)18/h3-5,8-9,14H,1-2,6-7,10-12,16H2,(H2,17,18). The first-order chi connectivity index (χ1) is 8.68. The minimum atomic E-state index is -0.198. The molecule has 0 bridgehead atoms. The van der Waals surface area contributed by atoms with Crippen molar-refractivity contribution in [3.8, 4) is 0 Å². The fraction of sp³-hybridized carbons (Fsp3) is 0.533. The van der Waals surface area contributed by atoms with Crippen molar-refractivity contribution in [1.82, 2.24) is 0 Å². The number of unbranched alkanes of at least 4 members (excludes halogenated alkanes) is 3. The van der Waals surface area contributed by atoms with E-state index in [4.69, 9.17) is 11.5 Å². The predicted molar refractivity (Wildman–Crippen MR) is 75.0 cm³/mol. The van der Waals surface area contributed by atoms with Crippen molar-refractivity contribution in [2.24, 2.45) is 11.5 Å². The molecule has 0 heterocycles. The second-order valence-electron chi connectivity index (χ2n) is 4.87. The fourth-order valence-electron chi connectivity index (χ4n) is 2.08. The number of hydrogen-bond acceptors (Lipinski definition) is 2. The predicted octanol–water partition coefficient (Wildman–Crippen LogP) is 2.38. The minimum absolute atomic E-state index is 0.198. The zero-order chi connectivity index (χ0) is 13.2. The highest BCUT2D eigenvalue weighted by Crippen LogP contribution is 2.10. The van der Waals surface area contributed by atoms with Crippen LogP contribution < -0.4 is 11.5 Å². The summed E-state index contributed by atoms with van der Waals surface area (Å²) in [5.41, 5.74) is 12.5. The maximum atomic E-state index is 10.5. The Morgan fingerprint density at radius 3 is 2.39 bits per heavy atom. The lowest BCUT2D eigenvalue weighted by atomic mass is 10.0. The number of amides is 1. The maximum absolute atomic E-state index is 10.5. The molecule has 0 radical (unpaired) electrons. The second kappa shape index (κ2) is 8.70. The Bertz CT molecular complexity index is 338. The third kappa shape index (κ3) is 7.07. The van der Waals surface area contributed by atoms with Gasteiger partial charge in [0, 0.05) is 12.5 Å². The number of carbonyl (C=O) groups is 1. The molecule has 100 valence electrons. The van der Waals surface area contributed by atoms with E-state index < -0.39 is 0 Å².